The van der Waals surface area contributed by atoms with Crippen molar-refractivity contribution in [1.82, 2.24) is 10.2 Å². The van der Waals surface area contributed by atoms with Crippen molar-refractivity contribution < 1.29 is 5.11 Å². The first-order chi connectivity index (χ1) is 9.51. The molecule has 1 aromatic carbocycles. The van der Waals surface area contributed by atoms with Crippen LogP contribution in [0.15, 0.2) is 30.3 Å². The highest BCUT2D eigenvalue weighted by atomic mass is 16.3. The summed E-state index contributed by atoms with van der Waals surface area (Å²) in [6, 6.07) is 10.9. The minimum absolute atomic E-state index is 0.335. The molecule has 3 heteroatoms. The molecule has 2 rings (SSSR count). The van der Waals surface area contributed by atoms with Gasteiger partial charge in [-0.05, 0) is 44.8 Å². The summed E-state index contributed by atoms with van der Waals surface area (Å²) >= 11 is 0. The summed E-state index contributed by atoms with van der Waals surface area (Å²) in [6.45, 7) is 7.09. The molecule has 1 aliphatic rings. The summed E-state index contributed by atoms with van der Waals surface area (Å²) in [5, 5.41) is 14.3. The molecular formula is C17H28N2O. The first-order valence-corrected chi connectivity index (χ1v) is 7.68. The lowest BCUT2D eigenvalue weighted by molar-refractivity contribution is -0.0831. The van der Waals surface area contributed by atoms with Crippen molar-refractivity contribution in [3.8, 4) is 0 Å². The molecule has 1 aromatic rings. The molecule has 1 aliphatic heterocycles. The van der Waals surface area contributed by atoms with E-state index in [1.54, 1.807) is 0 Å². The summed E-state index contributed by atoms with van der Waals surface area (Å²) in [5.74, 6) is 0.335. The molecule has 20 heavy (non-hydrogen) atoms. The maximum atomic E-state index is 10.9. The highest BCUT2D eigenvalue weighted by molar-refractivity contribution is 5.14. The molecule has 112 valence electrons. The number of piperidine rings is 1. The lowest BCUT2D eigenvalue weighted by Gasteiger charge is -2.46. The van der Waals surface area contributed by atoms with Gasteiger partial charge in [0, 0.05) is 19.1 Å². The molecule has 0 aromatic heterocycles. The van der Waals surface area contributed by atoms with Crippen LogP contribution in [0.2, 0.25) is 0 Å². The highest BCUT2D eigenvalue weighted by Crippen LogP contribution is 2.33. The lowest BCUT2D eigenvalue weighted by atomic mass is 9.77. The van der Waals surface area contributed by atoms with Crippen molar-refractivity contribution >= 4 is 0 Å². The van der Waals surface area contributed by atoms with Gasteiger partial charge in [0.05, 0.1) is 5.60 Å². The third-order valence-corrected chi connectivity index (χ3v) is 4.79. The van der Waals surface area contributed by atoms with Crippen LogP contribution in [0, 0.1) is 5.92 Å². The Morgan fingerprint density at radius 2 is 2.00 bits per heavy atom. The van der Waals surface area contributed by atoms with Gasteiger partial charge in [-0.25, -0.2) is 0 Å². The van der Waals surface area contributed by atoms with Gasteiger partial charge in [-0.15, -0.1) is 0 Å². The molecule has 1 saturated heterocycles. The zero-order chi connectivity index (χ0) is 14.6. The Morgan fingerprint density at radius 1 is 1.30 bits per heavy atom. The van der Waals surface area contributed by atoms with E-state index in [1.807, 2.05) is 6.07 Å². The molecule has 3 atom stereocenters. The molecule has 0 unspecified atom stereocenters. The van der Waals surface area contributed by atoms with E-state index in [0.29, 0.717) is 12.0 Å². The van der Waals surface area contributed by atoms with E-state index >= 15 is 0 Å². The quantitative estimate of drug-likeness (QED) is 0.810. The second-order valence-electron chi connectivity index (χ2n) is 6.41. The van der Waals surface area contributed by atoms with E-state index in [0.717, 1.165) is 32.5 Å². The molecule has 0 aliphatic carbocycles. The Morgan fingerprint density at radius 3 is 2.70 bits per heavy atom. The van der Waals surface area contributed by atoms with Crippen LogP contribution in [0.5, 0.6) is 0 Å². The highest BCUT2D eigenvalue weighted by Gasteiger charge is 2.40. The number of benzene rings is 1. The maximum absolute atomic E-state index is 10.9. The molecule has 0 spiro atoms. The van der Waals surface area contributed by atoms with Gasteiger partial charge in [0.1, 0.15) is 0 Å². The zero-order valence-electron chi connectivity index (χ0n) is 13.0. The fourth-order valence-corrected chi connectivity index (χ4v) is 3.13. The molecule has 0 bridgehead atoms. The van der Waals surface area contributed by atoms with Crippen molar-refractivity contribution in [1.29, 1.82) is 0 Å². The normalized spacial score (nSPS) is 31.4. The molecule has 0 saturated carbocycles. The summed E-state index contributed by atoms with van der Waals surface area (Å²) in [6.07, 6.45) is 1.71. The fraction of sp³-hybridized carbons (Fsp3) is 0.647. The van der Waals surface area contributed by atoms with Crippen LogP contribution in [-0.4, -0.2) is 41.8 Å². The standard InChI is InChI=1S/C17H28N2O/c1-14-13-19(3)15(2)11-17(14,20)9-10-18-12-16-7-5-4-6-8-16/h4-8,14-15,18,20H,9-13H2,1-3H3/t14-,15-,17+/m1/s1. The number of likely N-dealkylation sites (tertiary alicyclic amines) is 1. The lowest BCUT2D eigenvalue weighted by Crippen LogP contribution is -2.54. The third-order valence-electron chi connectivity index (χ3n) is 4.79. The molecule has 1 heterocycles. The van der Waals surface area contributed by atoms with E-state index < -0.39 is 5.60 Å². The van der Waals surface area contributed by atoms with E-state index in [4.69, 9.17) is 0 Å². The smallest absolute Gasteiger partial charge is 0.0712 e. The minimum atomic E-state index is -0.518. The van der Waals surface area contributed by atoms with Crippen LogP contribution in [0.25, 0.3) is 0 Å². The van der Waals surface area contributed by atoms with Crippen molar-refractivity contribution in [2.75, 3.05) is 20.1 Å². The van der Waals surface area contributed by atoms with E-state index in [1.165, 1.54) is 5.56 Å². The van der Waals surface area contributed by atoms with Gasteiger partial charge >= 0.3 is 0 Å². The number of hydrogen-bond donors (Lipinski definition) is 2. The Hall–Kier alpha value is -0.900. The number of hydrogen-bond acceptors (Lipinski definition) is 3. The summed E-state index contributed by atoms with van der Waals surface area (Å²) in [7, 11) is 2.15. The number of rotatable bonds is 5. The van der Waals surface area contributed by atoms with Gasteiger partial charge in [0.15, 0.2) is 0 Å². The van der Waals surface area contributed by atoms with Gasteiger partial charge in [-0.2, -0.15) is 0 Å². The second kappa shape index (κ2) is 6.70. The van der Waals surface area contributed by atoms with Gasteiger partial charge in [-0.1, -0.05) is 37.3 Å². The van der Waals surface area contributed by atoms with E-state index in [9.17, 15) is 5.11 Å². The predicted octanol–water partition coefficient (Wildman–Crippen LogP) is 2.26. The SMILES string of the molecule is C[C@@H]1C[C@@](O)(CCNCc2ccccc2)[C@H](C)CN1C. The van der Waals surface area contributed by atoms with E-state index in [-0.39, 0.29) is 0 Å². The van der Waals surface area contributed by atoms with Crippen LogP contribution < -0.4 is 5.32 Å². The Bertz CT molecular complexity index is 409. The van der Waals surface area contributed by atoms with Crippen LogP contribution in [-0.2, 0) is 6.54 Å². The number of aliphatic hydroxyl groups is 1. The predicted molar refractivity (Wildman–Crippen MR) is 83.6 cm³/mol. The maximum Gasteiger partial charge on any atom is 0.0712 e. The van der Waals surface area contributed by atoms with E-state index in [2.05, 4.69) is 55.4 Å². The first kappa shape index (κ1) is 15.5. The average Bonchev–Trinajstić information content (AvgIpc) is 2.43. The first-order valence-electron chi connectivity index (χ1n) is 7.68. The van der Waals surface area contributed by atoms with Crippen LogP contribution >= 0.6 is 0 Å². The van der Waals surface area contributed by atoms with Crippen LogP contribution in [0.1, 0.15) is 32.3 Å². The van der Waals surface area contributed by atoms with Crippen molar-refractivity contribution in [3.05, 3.63) is 35.9 Å². The largest absolute Gasteiger partial charge is 0.389 e. The average molecular weight is 276 g/mol. The minimum Gasteiger partial charge on any atom is -0.389 e. The van der Waals surface area contributed by atoms with Gasteiger partial charge in [-0.3, -0.25) is 0 Å². The Balaban J connectivity index is 1.78. The molecule has 0 amide bonds. The summed E-state index contributed by atoms with van der Waals surface area (Å²) in [5.41, 5.74) is 0.777. The topological polar surface area (TPSA) is 35.5 Å². The van der Waals surface area contributed by atoms with Crippen molar-refractivity contribution in [2.45, 2.75) is 44.9 Å². The van der Waals surface area contributed by atoms with Gasteiger partial charge < -0.3 is 15.3 Å². The van der Waals surface area contributed by atoms with Crippen molar-refractivity contribution in [3.63, 3.8) is 0 Å². The monoisotopic (exact) mass is 276 g/mol. The Kier molecular flexibility index (Phi) is 5.19. The van der Waals surface area contributed by atoms with Crippen LogP contribution in [0.3, 0.4) is 0 Å². The molecule has 1 fully saturated rings. The number of nitrogens with zero attached hydrogens (tertiary/aromatic N) is 1. The molecular weight excluding hydrogens is 248 g/mol. The molecule has 0 radical (unpaired) electrons. The fourth-order valence-electron chi connectivity index (χ4n) is 3.13. The summed E-state index contributed by atoms with van der Waals surface area (Å²) < 4.78 is 0. The Labute approximate surface area is 123 Å². The van der Waals surface area contributed by atoms with Crippen molar-refractivity contribution in [2.24, 2.45) is 5.92 Å². The zero-order valence-corrected chi connectivity index (χ0v) is 13.0. The third kappa shape index (κ3) is 3.81. The van der Waals surface area contributed by atoms with Gasteiger partial charge in [0.25, 0.3) is 0 Å². The number of nitrogens with one attached hydrogen (secondary N) is 1. The molecule has 3 nitrogen and oxygen atoms in total. The van der Waals surface area contributed by atoms with Gasteiger partial charge in [0.2, 0.25) is 0 Å². The summed E-state index contributed by atoms with van der Waals surface area (Å²) in [4.78, 5) is 2.34. The second-order valence-corrected chi connectivity index (χ2v) is 6.41. The van der Waals surface area contributed by atoms with Crippen LogP contribution in [0.4, 0.5) is 0 Å². The molecule has 2 N–H and O–H groups in total.